The van der Waals surface area contributed by atoms with E-state index in [1.54, 1.807) is 19.1 Å². The number of piperidine rings is 1. The largest absolute Gasteiger partial charge is 0.493 e. The molecule has 2 aromatic carbocycles. The Bertz CT molecular complexity index is 1270. The number of esters is 1. The lowest BCUT2D eigenvalue weighted by Gasteiger charge is -2.30. The first kappa shape index (κ1) is 29.8. The lowest BCUT2D eigenvalue weighted by atomic mass is 9.97. The molecule has 1 fully saturated rings. The predicted octanol–water partition coefficient (Wildman–Crippen LogP) is 5.47. The topological polar surface area (TPSA) is 81.2 Å². The molecule has 2 heterocycles. The summed E-state index contributed by atoms with van der Waals surface area (Å²) in [6.45, 7) is 5.36. The first-order chi connectivity index (χ1) is 19.4. The number of amides is 1. The number of thiazole rings is 1. The van der Waals surface area contributed by atoms with Crippen LogP contribution in [0, 0.1) is 5.92 Å². The van der Waals surface area contributed by atoms with Crippen LogP contribution in [-0.4, -0.2) is 67.1 Å². The van der Waals surface area contributed by atoms with E-state index < -0.39 is 0 Å². The zero-order valence-electron chi connectivity index (χ0n) is 23.2. The Morgan fingerprint density at radius 3 is 2.40 bits per heavy atom. The Balaban J connectivity index is 1.41. The zero-order chi connectivity index (χ0) is 28.5. The van der Waals surface area contributed by atoms with Crippen LogP contribution in [-0.2, 0) is 29.0 Å². The van der Waals surface area contributed by atoms with E-state index in [0.717, 1.165) is 29.1 Å². The maximum Gasteiger partial charge on any atom is 0.309 e. The number of carbonyl (C=O) groups is 2. The average Bonchev–Trinajstić information content (AvgIpc) is 3.45. The molecule has 8 nitrogen and oxygen atoms in total. The van der Waals surface area contributed by atoms with Crippen LogP contribution in [0.4, 0.5) is 0 Å². The molecule has 0 unspecified atom stereocenters. The minimum absolute atomic E-state index is 0.0839. The van der Waals surface area contributed by atoms with E-state index in [0.29, 0.717) is 67.8 Å². The third kappa shape index (κ3) is 7.96. The van der Waals surface area contributed by atoms with E-state index in [2.05, 4.69) is 4.90 Å². The number of ether oxygens (including phenoxy) is 3. The van der Waals surface area contributed by atoms with Gasteiger partial charge in [0.25, 0.3) is 5.91 Å². The number of hydrogen-bond acceptors (Lipinski definition) is 8. The van der Waals surface area contributed by atoms with Gasteiger partial charge in [-0.05, 0) is 61.6 Å². The molecular formula is C30H36ClN3O5S. The summed E-state index contributed by atoms with van der Waals surface area (Å²) in [5.41, 5.74) is 2.75. The van der Waals surface area contributed by atoms with Crippen LogP contribution in [0.3, 0.4) is 0 Å². The van der Waals surface area contributed by atoms with Gasteiger partial charge in [0.15, 0.2) is 11.5 Å². The van der Waals surface area contributed by atoms with Crippen LogP contribution in [0.15, 0.2) is 47.8 Å². The third-order valence-electron chi connectivity index (χ3n) is 7.02. The summed E-state index contributed by atoms with van der Waals surface area (Å²) in [4.78, 5) is 34.0. The number of aromatic nitrogens is 1. The molecule has 4 rings (SSSR count). The predicted molar refractivity (Wildman–Crippen MR) is 156 cm³/mol. The van der Waals surface area contributed by atoms with Crippen molar-refractivity contribution in [3.05, 3.63) is 74.7 Å². The molecule has 0 aliphatic carbocycles. The van der Waals surface area contributed by atoms with Gasteiger partial charge >= 0.3 is 5.97 Å². The van der Waals surface area contributed by atoms with E-state index in [4.69, 9.17) is 30.8 Å². The summed E-state index contributed by atoms with van der Waals surface area (Å²) in [6, 6.07) is 13.8. The van der Waals surface area contributed by atoms with Crippen molar-refractivity contribution in [2.75, 3.05) is 40.5 Å². The molecule has 0 bridgehead atoms. The number of benzene rings is 2. The van der Waals surface area contributed by atoms with Crippen molar-refractivity contribution in [2.45, 2.75) is 39.3 Å². The molecule has 214 valence electrons. The number of likely N-dealkylation sites (tertiary alicyclic amines) is 1. The second kappa shape index (κ2) is 14.5. The fourth-order valence-corrected chi connectivity index (χ4v) is 5.73. The van der Waals surface area contributed by atoms with Crippen LogP contribution >= 0.6 is 22.9 Å². The molecule has 1 aromatic heterocycles. The Morgan fingerprint density at radius 1 is 1.02 bits per heavy atom. The molecule has 0 radical (unpaired) electrons. The summed E-state index contributed by atoms with van der Waals surface area (Å²) < 4.78 is 16.0. The summed E-state index contributed by atoms with van der Waals surface area (Å²) in [6.07, 6.45) is 2.04. The van der Waals surface area contributed by atoms with Gasteiger partial charge in [-0.2, -0.15) is 0 Å². The van der Waals surface area contributed by atoms with Crippen LogP contribution in [0.2, 0.25) is 5.02 Å². The van der Waals surface area contributed by atoms with Gasteiger partial charge in [-0.15, -0.1) is 11.3 Å². The molecule has 1 amide bonds. The van der Waals surface area contributed by atoms with Crippen molar-refractivity contribution in [3.8, 4) is 11.5 Å². The summed E-state index contributed by atoms with van der Waals surface area (Å²) in [5.74, 6) is 1.02. The normalized spacial score (nSPS) is 13.9. The molecule has 10 heteroatoms. The maximum atomic E-state index is 13.2. The Morgan fingerprint density at radius 2 is 1.73 bits per heavy atom. The van der Waals surface area contributed by atoms with Crippen LogP contribution in [0.25, 0.3) is 0 Å². The van der Waals surface area contributed by atoms with Crippen LogP contribution in [0.1, 0.15) is 46.4 Å². The van der Waals surface area contributed by atoms with Crippen molar-refractivity contribution in [3.63, 3.8) is 0 Å². The average molecular weight is 586 g/mol. The van der Waals surface area contributed by atoms with Crippen molar-refractivity contribution in [1.82, 2.24) is 14.8 Å². The van der Waals surface area contributed by atoms with E-state index >= 15 is 0 Å². The number of nitrogens with zero attached hydrogens (tertiary/aromatic N) is 3. The molecule has 0 atom stereocenters. The SMILES string of the molecule is CCOC(=O)C1CCN(C(=O)c2csc(CN(CCc3ccc(OC)c(OC)c3)Cc3ccc(Cl)cc3)n2)CC1. The molecule has 0 spiro atoms. The van der Waals surface area contributed by atoms with Gasteiger partial charge in [-0.3, -0.25) is 14.5 Å². The van der Waals surface area contributed by atoms with Gasteiger partial charge in [0.1, 0.15) is 10.7 Å². The van der Waals surface area contributed by atoms with Gasteiger partial charge in [0.2, 0.25) is 0 Å². The first-order valence-corrected chi connectivity index (χ1v) is 14.7. The van der Waals surface area contributed by atoms with Gasteiger partial charge < -0.3 is 19.1 Å². The Hall–Kier alpha value is -3.14. The summed E-state index contributed by atoms with van der Waals surface area (Å²) >= 11 is 7.60. The van der Waals surface area contributed by atoms with Crippen LogP contribution in [0.5, 0.6) is 11.5 Å². The molecule has 0 N–H and O–H groups in total. The molecule has 1 aliphatic heterocycles. The molecular weight excluding hydrogens is 550 g/mol. The molecule has 40 heavy (non-hydrogen) atoms. The van der Waals surface area contributed by atoms with E-state index in [1.807, 2.05) is 54.8 Å². The van der Waals surface area contributed by atoms with Gasteiger partial charge in [-0.1, -0.05) is 29.8 Å². The van der Waals surface area contributed by atoms with Gasteiger partial charge in [0, 0.05) is 36.6 Å². The smallest absolute Gasteiger partial charge is 0.309 e. The second-order valence-corrected chi connectivity index (χ2v) is 11.1. The number of carbonyl (C=O) groups excluding carboxylic acids is 2. The number of methoxy groups -OCH3 is 2. The van der Waals surface area contributed by atoms with Gasteiger partial charge in [0.05, 0.1) is 33.3 Å². The third-order valence-corrected chi connectivity index (χ3v) is 8.10. The quantitative estimate of drug-likeness (QED) is 0.261. The monoisotopic (exact) mass is 585 g/mol. The highest BCUT2D eigenvalue weighted by atomic mass is 35.5. The highest BCUT2D eigenvalue weighted by molar-refractivity contribution is 7.09. The highest BCUT2D eigenvalue weighted by Crippen LogP contribution is 2.28. The first-order valence-electron chi connectivity index (χ1n) is 13.5. The summed E-state index contributed by atoms with van der Waals surface area (Å²) in [5, 5.41) is 3.42. The fraction of sp³-hybridized carbons (Fsp3) is 0.433. The fourth-order valence-electron chi connectivity index (χ4n) is 4.80. The van der Waals surface area contributed by atoms with Gasteiger partial charge in [-0.25, -0.2) is 4.98 Å². The molecule has 1 saturated heterocycles. The lowest BCUT2D eigenvalue weighted by molar-refractivity contribution is -0.149. The minimum Gasteiger partial charge on any atom is -0.493 e. The number of rotatable bonds is 12. The number of halogens is 1. The minimum atomic E-state index is -0.167. The second-order valence-electron chi connectivity index (χ2n) is 9.72. The van der Waals surface area contributed by atoms with Crippen molar-refractivity contribution >= 4 is 34.8 Å². The Kier molecular flexibility index (Phi) is 10.8. The van der Waals surface area contributed by atoms with Crippen LogP contribution < -0.4 is 9.47 Å². The highest BCUT2D eigenvalue weighted by Gasteiger charge is 2.29. The lowest BCUT2D eigenvalue weighted by Crippen LogP contribution is -2.40. The van der Waals surface area contributed by atoms with Crippen molar-refractivity contribution in [1.29, 1.82) is 0 Å². The van der Waals surface area contributed by atoms with E-state index in [1.165, 1.54) is 11.3 Å². The Labute approximate surface area is 244 Å². The maximum absolute atomic E-state index is 13.2. The molecule has 1 aliphatic rings. The number of hydrogen-bond donors (Lipinski definition) is 0. The molecule has 0 saturated carbocycles. The van der Waals surface area contributed by atoms with E-state index in [-0.39, 0.29) is 17.8 Å². The van der Waals surface area contributed by atoms with E-state index in [9.17, 15) is 9.59 Å². The standard InChI is InChI=1S/C30H36ClN3O5S/c1-4-39-30(36)23-12-15-34(16-13-23)29(35)25-20-40-28(32-25)19-33(18-22-5-8-24(31)9-6-22)14-11-21-7-10-26(37-2)27(17-21)38-3/h5-10,17,20,23H,4,11-16,18-19H2,1-3H3. The summed E-state index contributed by atoms with van der Waals surface area (Å²) in [7, 11) is 3.27. The van der Waals surface area contributed by atoms with Crippen molar-refractivity contribution < 1.29 is 23.8 Å². The molecule has 3 aromatic rings. The van der Waals surface area contributed by atoms with Crippen molar-refractivity contribution in [2.24, 2.45) is 5.92 Å². The zero-order valence-corrected chi connectivity index (χ0v) is 24.8.